The molecule has 0 bridgehead atoms. The molecule has 0 aliphatic heterocycles. The van der Waals surface area contributed by atoms with E-state index in [1.807, 2.05) is 30.8 Å². The van der Waals surface area contributed by atoms with Crippen molar-refractivity contribution in [1.29, 1.82) is 5.26 Å². The summed E-state index contributed by atoms with van der Waals surface area (Å²) in [6.45, 7) is 1.95. The van der Waals surface area contributed by atoms with E-state index < -0.39 is 0 Å². The molecule has 64 valence electrons. The first kappa shape index (κ1) is 7.81. The Labute approximate surface area is 76.2 Å². The van der Waals surface area contributed by atoms with Gasteiger partial charge in [-0.25, -0.2) is 0 Å². The molecule has 0 saturated heterocycles. The first-order valence-corrected chi connectivity index (χ1v) is 4.05. The fourth-order valence-corrected chi connectivity index (χ4v) is 1.55. The van der Waals surface area contributed by atoms with Crippen LogP contribution >= 0.6 is 0 Å². The van der Waals surface area contributed by atoms with Gasteiger partial charge in [0.25, 0.3) is 0 Å². The van der Waals surface area contributed by atoms with Crippen LogP contribution in [0.5, 0.6) is 0 Å². The van der Waals surface area contributed by atoms with Gasteiger partial charge in [0.2, 0.25) is 0 Å². The van der Waals surface area contributed by atoms with Gasteiger partial charge >= 0.3 is 0 Å². The number of aryl methyl sites for hydroxylation is 2. The van der Waals surface area contributed by atoms with Crippen LogP contribution in [0.2, 0.25) is 0 Å². The van der Waals surface area contributed by atoms with Gasteiger partial charge in [-0.2, -0.15) is 5.26 Å². The minimum atomic E-state index is 0.648. The van der Waals surface area contributed by atoms with Crippen LogP contribution in [0.3, 0.4) is 0 Å². The molecule has 0 amide bonds. The van der Waals surface area contributed by atoms with E-state index in [1.165, 1.54) is 0 Å². The molecular weight excluding hydrogens is 162 g/mol. The first-order valence-electron chi connectivity index (χ1n) is 4.05. The van der Waals surface area contributed by atoms with E-state index in [1.54, 1.807) is 6.20 Å². The molecule has 2 aromatic rings. The van der Waals surface area contributed by atoms with Gasteiger partial charge in [0, 0.05) is 19.4 Å². The van der Waals surface area contributed by atoms with Gasteiger partial charge in [0.1, 0.15) is 6.07 Å². The second-order valence-electron chi connectivity index (χ2n) is 3.07. The summed E-state index contributed by atoms with van der Waals surface area (Å²) in [6, 6.07) is 4.08. The molecule has 3 nitrogen and oxygen atoms in total. The summed E-state index contributed by atoms with van der Waals surface area (Å²) in [7, 11) is 1.96. The van der Waals surface area contributed by atoms with Crippen molar-refractivity contribution in [1.82, 2.24) is 9.55 Å². The summed E-state index contributed by atoms with van der Waals surface area (Å²) in [6.07, 6.45) is 3.57. The third-order valence-corrected chi connectivity index (χ3v) is 2.26. The summed E-state index contributed by atoms with van der Waals surface area (Å²) >= 11 is 0. The quantitative estimate of drug-likeness (QED) is 0.606. The standard InChI is InChI=1S/C10H9N3/c1-7-8(5-11)6-12-9-3-4-13(2)10(7)9/h3-4,6H,1-2H3. The van der Waals surface area contributed by atoms with E-state index in [-0.39, 0.29) is 0 Å². The largest absolute Gasteiger partial charge is 0.349 e. The summed E-state index contributed by atoms with van der Waals surface area (Å²) < 4.78 is 1.98. The van der Waals surface area contributed by atoms with Crippen LogP contribution in [-0.2, 0) is 7.05 Å². The van der Waals surface area contributed by atoms with Gasteiger partial charge < -0.3 is 4.57 Å². The number of rotatable bonds is 0. The first-order chi connectivity index (χ1) is 6.24. The molecule has 0 unspecified atom stereocenters. The minimum absolute atomic E-state index is 0.648. The van der Waals surface area contributed by atoms with Crippen molar-refractivity contribution in [2.24, 2.45) is 7.05 Å². The third kappa shape index (κ3) is 0.994. The number of pyridine rings is 1. The van der Waals surface area contributed by atoms with Gasteiger partial charge in [-0.3, -0.25) is 4.98 Å². The zero-order valence-corrected chi connectivity index (χ0v) is 7.57. The molecule has 0 aromatic carbocycles. The molecule has 0 radical (unpaired) electrons. The number of nitriles is 1. The Morgan fingerprint density at radius 3 is 3.00 bits per heavy atom. The smallest absolute Gasteiger partial charge is 0.101 e. The maximum absolute atomic E-state index is 8.81. The van der Waals surface area contributed by atoms with E-state index in [2.05, 4.69) is 11.1 Å². The van der Waals surface area contributed by atoms with Crippen molar-refractivity contribution in [3.63, 3.8) is 0 Å². The lowest BCUT2D eigenvalue weighted by atomic mass is 10.1. The van der Waals surface area contributed by atoms with Crippen molar-refractivity contribution < 1.29 is 0 Å². The average molecular weight is 171 g/mol. The van der Waals surface area contributed by atoms with Gasteiger partial charge in [0.05, 0.1) is 16.6 Å². The van der Waals surface area contributed by atoms with E-state index in [0.717, 1.165) is 16.6 Å². The topological polar surface area (TPSA) is 41.6 Å². The highest BCUT2D eigenvalue weighted by molar-refractivity contribution is 5.80. The number of aromatic nitrogens is 2. The number of fused-ring (bicyclic) bond motifs is 1. The molecule has 2 heterocycles. The fourth-order valence-electron chi connectivity index (χ4n) is 1.55. The van der Waals surface area contributed by atoms with Crippen LogP contribution in [0.4, 0.5) is 0 Å². The highest BCUT2D eigenvalue weighted by Gasteiger charge is 2.06. The molecule has 13 heavy (non-hydrogen) atoms. The van der Waals surface area contributed by atoms with E-state index in [4.69, 9.17) is 5.26 Å². The molecular formula is C10H9N3. The molecule has 0 aliphatic carbocycles. The van der Waals surface area contributed by atoms with Gasteiger partial charge in [-0.15, -0.1) is 0 Å². The van der Waals surface area contributed by atoms with Crippen LogP contribution in [0.1, 0.15) is 11.1 Å². The Bertz CT molecular complexity index is 503. The molecule has 3 heteroatoms. The van der Waals surface area contributed by atoms with Crippen LogP contribution < -0.4 is 0 Å². The van der Waals surface area contributed by atoms with Gasteiger partial charge in [-0.1, -0.05) is 0 Å². The second-order valence-corrected chi connectivity index (χ2v) is 3.07. The monoisotopic (exact) mass is 171 g/mol. The predicted molar refractivity (Wildman–Crippen MR) is 50.2 cm³/mol. The van der Waals surface area contributed by atoms with Crippen LogP contribution in [0.15, 0.2) is 18.5 Å². The number of hydrogen-bond acceptors (Lipinski definition) is 2. The average Bonchev–Trinajstić information content (AvgIpc) is 2.49. The zero-order chi connectivity index (χ0) is 9.42. The molecule has 0 aliphatic rings. The summed E-state index contributed by atoms with van der Waals surface area (Å²) in [4.78, 5) is 4.19. The van der Waals surface area contributed by atoms with Crippen LogP contribution in [0.25, 0.3) is 11.0 Å². The maximum atomic E-state index is 8.81. The number of nitrogens with zero attached hydrogens (tertiary/aromatic N) is 3. The highest BCUT2D eigenvalue weighted by Crippen LogP contribution is 2.19. The summed E-state index contributed by atoms with van der Waals surface area (Å²) in [5.41, 5.74) is 3.63. The second kappa shape index (κ2) is 2.60. The van der Waals surface area contributed by atoms with Crippen molar-refractivity contribution in [3.05, 3.63) is 29.6 Å². The van der Waals surface area contributed by atoms with Crippen molar-refractivity contribution in [3.8, 4) is 6.07 Å². The lowest BCUT2D eigenvalue weighted by Gasteiger charge is -2.01. The van der Waals surface area contributed by atoms with Crippen LogP contribution in [-0.4, -0.2) is 9.55 Å². The highest BCUT2D eigenvalue weighted by atomic mass is 14.9. The van der Waals surface area contributed by atoms with Crippen molar-refractivity contribution in [2.45, 2.75) is 6.92 Å². The Hall–Kier alpha value is -1.82. The summed E-state index contributed by atoms with van der Waals surface area (Å²) in [5, 5.41) is 8.81. The van der Waals surface area contributed by atoms with Crippen molar-refractivity contribution >= 4 is 11.0 Å². The molecule has 2 rings (SSSR count). The predicted octanol–water partition coefficient (Wildman–Crippen LogP) is 1.75. The van der Waals surface area contributed by atoms with E-state index >= 15 is 0 Å². The zero-order valence-electron chi connectivity index (χ0n) is 7.57. The van der Waals surface area contributed by atoms with Gasteiger partial charge in [0.15, 0.2) is 0 Å². The Kier molecular flexibility index (Phi) is 1.56. The van der Waals surface area contributed by atoms with Crippen molar-refractivity contribution in [2.75, 3.05) is 0 Å². The fraction of sp³-hybridized carbons (Fsp3) is 0.200. The normalized spacial score (nSPS) is 10.2. The van der Waals surface area contributed by atoms with E-state index in [9.17, 15) is 0 Å². The molecule has 0 atom stereocenters. The molecule has 0 fully saturated rings. The SMILES string of the molecule is Cc1c(C#N)cnc2ccn(C)c12. The minimum Gasteiger partial charge on any atom is -0.349 e. The summed E-state index contributed by atoms with van der Waals surface area (Å²) in [5.74, 6) is 0. The Morgan fingerprint density at radius 2 is 2.31 bits per heavy atom. The lowest BCUT2D eigenvalue weighted by Crippen LogP contribution is -1.92. The number of hydrogen-bond donors (Lipinski definition) is 0. The lowest BCUT2D eigenvalue weighted by molar-refractivity contribution is 0.962. The Morgan fingerprint density at radius 1 is 1.54 bits per heavy atom. The van der Waals surface area contributed by atoms with Crippen LogP contribution in [0, 0.1) is 18.3 Å². The Balaban J connectivity index is 2.93. The molecule has 0 saturated carbocycles. The molecule has 0 spiro atoms. The van der Waals surface area contributed by atoms with E-state index in [0.29, 0.717) is 5.56 Å². The maximum Gasteiger partial charge on any atom is 0.101 e. The molecule has 0 N–H and O–H groups in total. The molecule has 2 aromatic heterocycles. The van der Waals surface area contributed by atoms with Gasteiger partial charge in [-0.05, 0) is 18.6 Å². The third-order valence-electron chi connectivity index (χ3n) is 2.26.